The largest absolute Gasteiger partial charge is 0.481 e. The molecule has 0 amide bonds. The van der Waals surface area contributed by atoms with Crippen LogP contribution in [0.5, 0.6) is 0 Å². The van der Waals surface area contributed by atoms with Crippen molar-refractivity contribution in [2.75, 3.05) is 13.2 Å². The van der Waals surface area contributed by atoms with E-state index in [9.17, 15) is 9.59 Å². The van der Waals surface area contributed by atoms with E-state index in [1.807, 2.05) is 0 Å². The Morgan fingerprint density at radius 2 is 1.67 bits per heavy atom. The number of carboxylic acid groups (broad SMARTS) is 1. The number of carbonyl (C=O) groups excluding carboxylic acids is 1. The third-order valence-corrected chi connectivity index (χ3v) is 2.75. The lowest BCUT2D eigenvalue weighted by Gasteiger charge is -2.24. The van der Waals surface area contributed by atoms with E-state index in [1.54, 1.807) is 0 Å². The standard InChI is InChI=1S/C10H16O5/c11-5-6-15-10(14)8-3-1-7(2-4-8)9(12)13/h7-8,11H,1-6H2,(H,12,13). The van der Waals surface area contributed by atoms with Crippen molar-refractivity contribution >= 4 is 11.9 Å². The first kappa shape index (κ1) is 12.0. The smallest absolute Gasteiger partial charge is 0.309 e. The molecule has 0 aliphatic heterocycles. The van der Waals surface area contributed by atoms with E-state index in [0.29, 0.717) is 25.7 Å². The highest BCUT2D eigenvalue weighted by Gasteiger charge is 2.30. The Bertz CT molecular complexity index is 230. The average Bonchev–Trinajstić information content (AvgIpc) is 2.26. The van der Waals surface area contributed by atoms with Crippen molar-refractivity contribution < 1.29 is 24.5 Å². The average molecular weight is 216 g/mol. The van der Waals surface area contributed by atoms with E-state index in [2.05, 4.69) is 0 Å². The van der Waals surface area contributed by atoms with Gasteiger partial charge in [0.2, 0.25) is 0 Å². The molecule has 0 saturated heterocycles. The van der Waals surface area contributed by atoms with Crippen LogP contribution in [0, 0.1) is 11.8 Å². The van der Waals surface area contributed by atoms with Crippen molar-refractivity contribution in [1.82, 2.24) is 0 Å². The minimum Gasteiger partial charge on any atom is -0.481 e. The molecule has 0 aromatic heterocycles. The quantitative estimate of drug-likeness (QED) is 0.665. The van der Waals surface area contributed by atoms with Crippen molar-refractivity contribution in [3.05, 3.63) is 0 Å². The number of aliphatic carboxylic acids is 1. The lowest BCUT2D eigenvalue weighted by atomic mass is 9.82. The third kappa shape index (κ3) is 3.51. The van der Waals surface area contributed by atoms with Crippen molar-refractivity contribution in [2.24, 2.45) is 11.8 Å². The molecule has 0 unspecified atom stereocenters. The molecule has 0 radical (unpaired) electrons. The molecule has 15 heavy (non-hydrogen) atoms. The monoisotopic (exact) mass is 216 g/mol. The van der Waals surface area contributed by atoms with Crippen LogP contribution in [0.1, 0.15) is 25.7 Å². The van der Waals surface area contributed by atoms with Crippen molar-refractivity contribution in [3.63, 3.8) is 0 Å². The van der Waals surface area contributed by atoms with Gasteiger partial charge < -0.3 is 14.9 Å². The zero-order valence-electron chi connectivity index (χ0n) is 8.52. The minimum atomic E-state index is -0.780. The lowest BCUT2D eigenvalue weighted by Crippen LogP contribution is -2.27. The van der Waals surface area contributed by atoms with Gasteiger partial charge in [0.15, 0.2) is 0 Å². The zero-order valence-corrected chi connectivity index (χ0v) is 8.52. The third-order valence-electron chi connectivity index (χ3n) is 2.75. The maximum Gasteiger partial charge on any atom is 0.309 e. The summed E-state index contributed by atoms with van der Waals surface area (Å²) in [6.07, 6.45) is 2.21. The fraction of sp³-hybridized carbons (Fsp3) is 0.800. The summed E-state index contributed by atoms with van der Waals surface area (Å²) < 4.78 is 4.79. The minimum absolute atomic E-state index is 0.0255. The molecule has 0 aromatic carbocycles. The predicted octanol–water partition coefficient (Wildman–Crippen LogP) is 0.413. The van der Waals surface area contributed by atoms with E-state index < -0.39 is 5.97 Å². The van der Waals surface area contributed by atoms with Crippen LogP contribution in [-0.4, -0.2) is 35.4 Å². The molecule has 5 heteroatoms. The Morgan fingerprint density at radius 3 is 2.13 bits per heavy atom. The Labute approximate surface area is 88.0 Å². The zero-order chi connectivity index (χ0) is 11.3. The fourth-order valence-corrected chi connectivity index (χ4v) is 1.84. The molecule has 86 valence electrons. The van der Waals surface area contributed by atoms with Gasteiger partial charge in [0, 0.05) is 0 Å². The Balaban J connectivity index is 2.30. The van der Waals surface area contributed by atoms with Gasteiger partial charge in [-0.1, -0.05) is 0 Å². The number of hydrogen-bond donors (Lipinski definition) is 2. The van der Waals surface area contributed by atoms with Crippen LogP contribution in [0.2, 0.25) is 0 Å². The molecule has 0 heterocycles. The normalized spacial score (nSPS) is 25.9. The summed E-state index contributed by atoms with van der Waals surface area (Å²) in [5.41, 5.74) is 0. The first-order chi connectivity index (χ1) is 7.15. The molecular weight excluding hydrogens is 200 g/mol. The number of aliphatic hydroxyl groups excluding tert-OH is 1. The number of ether oxygens (including phenoxy) is 1. The van der Waals surface area contributed by atoms with Gasteiger partial charge in [-0.3, -0.25) is 9.59 Å². The summed E-state index contributed by atoms with van der Waals surface area (Å²) in [5, 5.41) is 17.2. The number of carbonyl (C=O) groups is 2. The molecule has 0 aromatic rings. The Hall–Kier alpha value is -1.10. The van der Waals surface area contributed by atoms with Gasteiger partial charge in [-0.15, -0.1) is 0 Å². The number of hydrogen-bond acceptors (Lipinski definition) is 4. The van der Waals surface area contributed by atoms with Gasteiger partial charge in [0.05, 0.1) is 18.4 Å². The second-order valence-electron chi connectivity index (χ2n) is 3.78. The first-order valence-electron chi connectivity index (χ1n) is 5.15. The van der Waals surface area contributed by atoms with E-state index in [4.69, 9.17) is 14.9 Å². The summed E-state index contributed by atoms with van der Waals surface area (Å²) in [7, 11) is 0. The topological polar surface area (TPSA) is 83.8 Å². The van der Waals surface area contributed by atoms with Crippen LogP contribution >= 0.6 is 0 Å². The van der Waals surface area contributed by atoms with Gasteiger partial charge in [0.1, 0.15) is 6.61 Å². The molecular formula is C10H16O5. The van der Waals surface area contributed by atoms with Gasteiger partial charge in [-0.25, -0.2) is 0 Å². The van der Waals surface area contributed by atoms with Crippen LogP contribution in [0.3, 0.4) is 0 Å². The van der Waals surface area contributed by atoms with E-state index in [1.165, 1.54) is 0 Å². The molecule has 1 fully saturated rings. The summed E-state index contributed by atoms with van der Waals surface area (Å²) >= 11 is 0. The van der Waals surface area contributed by atoms with Crippen LogP contribution in [0.15, 0.2) is 0 Å². The number of carboxylic acids is 1. The Kier molecular flexibility index (Phi) is 4.55. The summed E-state index contributed by atoms with van der Waals surface area (Å²) in [6, 6.07) is 0. The molecule has 5 nitrogen and oxygen atoms in total. The highest BCUT2D eigenvalue weighted by molar-refractivity contribution is 5.74. The molecule has 1 aliphatic carbocycles. The van der Waals surface area contributed by atoms with Crippen LogP contribution in [0.4, 0.5) is 0 Å². The molecule has 1 saturated carbocycles. The molecule has 0 bridgehead atoms. The highest BCUT2D eigenvalue weighted by Crippen LogP contribution is 2.29. The van der Waals surface area contributed by atoms with Gasteiger partial charge >= 0.3 is 11.9 Å². The first-order valence-corrected chi connectivity index (χ1v) is 5.15. The second-order valence-corrected chi connectivity index (χ2v) is 3.78. The molecule has 1 rings (SSSR count). The van der Waals surface area contributed by atoms with Crippen molar-refractivity contribution in [1.29, 1.82) is 0 Å². The van der Waals surface area contributed by atoms with E-state index in [0.717, 1.165) is 0 Å². The molecule has 1 aliphatic rings. The molecule has 2 N–H and O–H groups in total. The summed E-state index contributed by atoms with van der Waals surface area (Å²) in [5.74, 6) is -1.59. The fourth-order valence-electron chi connectivity index (χ4n) is 1.84. The number of esters is 1. The van der Waals surface area contributed by atoms with Crippen LogP contribution < -0.4 is 0 Å². The molecule has 0 atom stereocenters. The van der Waals surface area contributed by atoms with E-state index >= 15 is 0 Å². The number of rotatable bonds is 4. The second kappa shape index (κ2) is 5.70. The van der Waals surface area contributed by atoms with Gasteiger partial charge in [0.25, 0.3) is 0 Å². The molecule has 0 spiro atoms. The predicted molar refractivity (Wildman–Crippen MR) is 51.1 cm³/mol. The van der Waals surface area contributed by atoms with Gasteiger partial charge in [-0.2, -0.15) is 0 Å². The number of aliphatic hydroxyl groups is 1. The highest BCUT2D eigenvalue weighted by atomic mass is 16.5. The van der Waals surface area contributed by atoms with Crippen molar-refractivity contribution in [2.45, 2.75) is 25.7 Å². The maximum atomic E-state index is 11.4. The summed E-state index contributed by atoms with van der Waals surface area (Å²) in [6.45, 7) is -0.145. The van der Waals surface area contributed by atoms with Crippen LogP contribution in [0.25, 0.3) is 0 Å². The lowest BCUT2D eigenvalue weighted by molar-refractivity contribution is -0.153. The van der Waals surface area contributed by atoms with Gasteiger partial charge in [-0.05, 0) is 25.7 Å². The summed E-state index contributed by atoms with van der Waals surface area (Å²) in [4.78, 5) is 22.0. The van der Waals surface area contributed by atoms with E-state index in [-0.39, 0.29) is 31.0 Å². The van der Waals surface area contributed by atoms with Crippen molar-refractivity contribution in [3.8, 4) is 0 Å². The maximum absolute atomic E-state index is 11.4. The van der Waals surface area contributed by atoms with Crippen LogP contribution in [-0.2, 0) is 14.3 Å². The SMILES string of the molecule is O=C(O)C1CCC(C(=O)OCCO)CC1. The Morgan fingerprint density at radius 1 is 1.13 bits per heavy atom.